The molecule has 0 spiro atoms. The average Bonchev–Trinajstić information content (AvgIpc) is 2.84. The number of nitrogens with zero attached hydrogens (tertiary/aromatic N) is 5. The Morgan fingerprint density at radius 2 is 1.75 bits per heavy atom. The molecule has 2 aromatic rings. The summed E-state index contributed by atoms with van der Waals surface area (Å²) in [5.74, 6) is -0.279. The van der Waals surface area contributed by atoms with Crippen LogP contribution < -0.4 is 10.2 Å². The highest BCUT2D eigenvalue weighted by Crippen LogP contribution is 2.41. The molecule has 2 rings (SSSR count). The van der Waals surface area contributed by atoms with Crippen molar-refractivity contribution in [1.29, 1.82) is 0 Å². The van der Waals surface area contributed by atoms with Crippen LogP contribution in [0.3, 0.4) is 0 Å². The Morgan fingerprint density at radius 1 is 1.06 bits per heavy atom. The number of carbonyl (C=O) groups excluding carboxylic acids is 1. The van der Waals surface area contributed by atoms with Gasteiger partial charge in [-0.2, -0.15) is 0 Å². The predicted octanol–water partition coefficient (Wildman–Crippen LogP) is 7.68. The zero-order chi connectivity index (χ0) is 26.8. The molecule has 0 fully saturated rings. The van der Waals surface area contributed by atoms with Crippen LogP contribution in [0.5, 0.6) is 0 Å². The highest BCUT2D eigenvalue weighted by atomic mass is 79.9. The number of halogens is 1. The lowest BCUT2D eigenvalue weighted by atomic mass is 9.98. The van der Waals surface area contributed by atoms with Crippen LogP contribution in [0, 0.1) is 26.1 Å². The van der Waals surface area contributed by atoms with Gasteiger partial charge in [0, 0.05) is 30.8 Å². The fourth-order valence-electron chi connectivity index (χ4n) is 3.72. The summed E-state index contributed by atoms with van der Waals surface area (Å²) in [5, 5.41) is 33.9. The molecule has 0 aliphatic heterocycles. The summed E-state index contributed by atoms with van der Waals surface area (Å²) in [5.41, 5.74) is 0.467. The van der Waals surface area contributed by atoms with E-state index in [0.717, 1.165) is 50.2 Å². The lowest BCUT2D eigenvalue weighted by Gasteiger charge is -2.23. The van der Waals surface area contributed by atoms with Gasteiger partial charge < -0.3 is 10.2 Å². The minimum Gasteiger partial charge on any atom is -0.372 e. The molecular weight excluding hydrogens is 532 g/mol. The topological polar surface area (TPSA) is 143 Å². The van der Waals surface area contributed by atoms with Crippen LogP contribution in [0.25, 0.3) is 0 Å². The van der Waals surface area contributed by atoms with E-state index in [2.05, 4.69) is 43.3 Å². The fourth-order valence-corrected chi connectivity index (χ4v) is 4.24. The molecule has 1 atom stereocenters. The lowest BCUT2D eigenvalue weighted by Crippen LogP contribution is -2.24. The summed E-state index contributed by atoms with van der Waals surface area (Å²) < 4.78 is 0.0584. The van der Waals surface area contributed by atoms with Crippen LogP contribution in [-0.4, -0.2) is 28.8 Å². The molecule has 0 heterocycles. The van der Waals surface area contributed by atoms with Crippen molar-refractivity contribution >= 4 is 56.0 Å². The van der Waals surface area contributed by atoms with Gasteiger partial charge in [-0.25, -0.2) is 0 Å². The molecule has 2 aromatic carbocycles. The molecule has 0 bridgehead atoms. The molecule has 36 heavy (non-hydrogen) atoms. The molecule has 0 radical (unpaired) electrons. The second-order valence-corrected chi connectivity index (χ2v) is 8.97. The molecule has 0 aromatic heterocycles. The van der Waals surface area contributed by atoms with Crippen molar-refractivity contribution in [3.63, 3.8) is 0 Å². The number of anilines is 2. The minimum absolute atomic E-state index is 0.0584. The summed E-state index contributed by atoms with van der Waals surface area (Å²) >= 11 is 3.13. The third-order valence-electron chi connectivity index (χ3n) is 5.83. The standard InChI is InChI=1S/C24H31BrN6O5/c1-5-9-10-16(6-2)24(32)26-21-14-17(29(7-3)8-4)11-12-20(21)27-28-23-19(25)13-18(30(33)34)15-22(23)31(35)36/h11-16H,5-10H2,1-4H3,(H,26,32). The Bertz CT molecular complexity index is 1140. The third-order valence-corrected chi connectivity index (χ3v) is 6.43. The Morgan fingerprint density at radius 3 is 2.31 bits per heavy atom. The highest BCUT2D eigenvalue weighted by molar-refractivity contribution is 9.10. The Labute approximate surface area is 218 Å². The van der Waals surface area contributed by atoms with Crippen molar-refractivity contribution in [3.8, 4) is 0 Å². The molecule has 0 aliphatic carbocycles. The van der Waals surface area contributed by atoms with Crippen molar-refractivity contribution < 1.29 is 14.6 Å². The maximum atomic E-state index is 13.0. The lowest BCUT2D eigenvalue weighted by molar-refractivity contribution is -0.393. The average molecular weight is 563 g/mol. The van der Waals surface area contributed by atoms with Crippen LogP contribution in [-0.2, 0) is 4.79 Å². The molecule has 0 saturated carbocycles. The van der Waals surface area contributed by atoms with E-state index in [1.54, 1.807) is 6.07 Å². The molecule has 0 saturated heterocycles. The molecule has 194 valence electrons. The van der Waals surface area contributed by atoms with E-state index in [9.17, 15) is 25.0 Å². The molecular formula is C24H31BrN6O5. The quantitative estimate of drug-likeness (QED) is 0.150. The second kappa shape index (κ2) is 13.6. The summed E-state index contributed by atoms with van der Waals surface area (Å²) in [6.45, 7) is 9.63. The first kappa shape index (κ1) is 28.8. The van der Waals surface area contributed by atoms with Crippen molar-refractivity contribution in [2.75, 3.05) is 23.3 Å². The number of rotatable bonds is 13. The van der Waals surface area contributed by atoms with E-state index in [1.807, 2.05) is 32.9 Å². The van der Waals surface area contributed by atoms with Gasteiger partial charge in [0.2, 0.25) is 5.91 Å². The van der Waals surface area contributed by atoms with Crippen LogP contribution in [0.1, 0.15) is 53.4 Å². The Kier molecular flexibility index (Phi) is 10.9. The Balaban J connectivity index is 2.54. The van der Waals surface area contributed by atoms with Gasteiger partial charge in [0.25, 0.3) is 5.69 Å². The minimum atomic E-state index is -0.752. The molecule has 12 heteroatoms. The van der Waals surface area contributed by atoms with Gasteiger partial charge in [0.15, 0.2) is 5.69 Å². The van der Waals surface area contributed by atoms with Gasteiger partial charge in [0.1, 0.15) is 5.69 Å². The number of hydrogen-bond donors (Lipinski definition) is 1. The first-order valence-corrected chi connectivity index (χ1v) is 12.7. The largest absolute Gasteiger partial charge is 0.372 e. The SMILES string of the molecule is CCCCC(CC)C(=O)Nc1cc(N(CC)CC)ccc1N=Nc1c(Br)cc([N+](=O)[O-])cc1[N+](=O)[O-]. The van der Waals surface area contributed by atoms with Gasteiger partial charge in [-0.3, -0.25) is 25.0 Å². The second-order valence-electron chi connectivity index (χ2n) is 8.12. The van der Waals surface area contributed by atoms with E-state index in [-0.39, 0.29) is 22.0 Å². The first-order valence-electron chi connectivity index (χ1n) is 11.9. The molecule has 0 aliphatic rings. The van der Waals surface area contributed by atoms with Crippen LogP contribution in [0.4, 0.5) is 34.1 Å². The maximum Gasteiger partial charge on any atom is 0.304 e. The number of carbonyl (C=O) groups is 1. The smallest absolute Gasteiger partial charge is 0.304 e. The summed E-state index contributed by atoms with van der Waals surface area (Å²) in [4.78, 5) is 36.3. The van der Waals surface area contributed by atoms with Gasteiger partial charge in [-0.15, -0.1) is 10.2 Å². The highest BCUT2D eigenvalue weighted by Gasteiger charge is 2.24. The maximum absolute atomic E-state index is 13.0. The number of benzene rings is 2. The molecule has 1 N–H and O–H groups in total. The zero-order valence-electron chi connectivity index (χ0n) is 20.9. The van der Waals surface area contributed by atoms with Gasteiger partial charge in [-0.1, -0.05) is 26.7 Å². The zero-order valence-corrected chi connectivity index (χ0v) is 22.4. The third kappa shape index (κ3) is 7.30. The molecule has 1 amide bonds. The van der Waals surface area contributed by atoms with Crippen LogP contribution in [0.15, 0.2) is 45.0 Å². The summed E-state index contributed by atoms with van der Waals surface area (Å²) in [7, 11) is 0. The van der Waals surface area contributed by atoms with Gasteiger partial charge in [0.05, 0.1) is 26.1 Å². The predicted molar refractivity (Wildman–Crippen MR) is 144 cm³/mol. The summed E-state index contributed by atoms with van der Waals surface area (Å²) in [6.07, 6.45) is 3.40. The number of non-ortho nitro benzene ring substituents is 1. The monoisotopic (exact) mass is 562 g/mol. The fraction of sp³-hybridized carbons (Fsp3) is 0.458. The number of amides is 1. The number of azo groups is 1. The van der Waals surface area contributed by atoms with E-state index in [0.29, 0.717) is 17.8 Å². The van der Waals surface area contributed by atoms with Crippen molar-refractivity contribution in [2.24, 2.45) is 16.1 Å². The van der Waals surface area contributed by atoms with Crippen LogP contribution >= 0.6 is 15.9 Å². The van der Waals surface area contributed by atoms with Gasteiger partial charge in [-0.05, 0) is 60.8 Å². The number of unbranched alkanes of at least 4 members (excludes halogenated alkanes) is 1. The van der Waals surface area contributed by atoms with E-state index >= 15 is 0 Å². The normalized spacial score (nSPS) is 11.9. The number of nitro groups is 2. The molecule has 11 nitrogen and oxygen atoms in total. The molecule has 1 unspecified atom stereocenters. The Hall–Kier alpha value is -3.41. The number of hydrogen-bond acceptors (Lipinski definition) is 8. The first-order chi connectivity index (χ1) is 17.2. The van der Waals surface area contributed by atoms with Crippen molar-refractivity contribution in [2.45, 2.75) is 53.4 Å². The van der Waals surface area contributed by atoms with E-state index < -0.39 is 21.2 Å². The van der Waals surface area contributed by atoms with Gasteiger partial charge >= 0.3 is 5.69 Å². The van der Waals surface area contributed by atoms with Crippen molar-refractivity contribution in [3.05, 3.63) is 55.0 Å². The number of nitro benzene ring substituents is 2. The van der Waals surface area contributed by atoms with E-state index in [4.69, 9.17) is 0 Å². The summed E-state index contributed by atoms with van der Waals surface area (Å²) in [6, 6.07) is 7.30. The number of nitrogens with one attached hydrogen (secondary N) is 1. The van der Waals surface area contributed by atoms with Crippen LogP contribution in [0.2, 0.25) is 0 Å². The van der Waals surface area contributed by atoms with Crippen molar-refractivity contribution in [1.82, 2.24) is 0 Å². The van der Waals surface area contributed by atoms with E-state index in [1.165, 1.54) is 0 Å².